The van der Waals surface area contributed by atoms with Gasteiger partial charge in [-0.05, 0) is 18.1 Å². The molecular weight excluding hydrogens is 416 g/mol. The number of rotatable bonds is 6. The van der Waals surface area contributed by atoms with Gasteiger partial charge in [0.15, 0.2) is 5.54 Å². The highest BCUT2D eigenvalue weighted by Gasteiger charge is 2.52. The first kappa shape index (κ1) is 20.6. The fourth-order valence-electron chi connectivity index (χ4n) is 4.09. The Balaban J connectivity index is 1.44. The molecule has 3 amide bonds. The smallest absolute Gasteiger partial charge is 0.325 e. The molecule has 1 fully saturated rings. The Morgan fingerprint density at radius 3 is 2.27 bits per heavy atom. The standard InChI is InChI=1S/C26H22N4O3/c1-18-12-14-20(15-13-18)23-27-22(33-29-23)17-30-24(31)26(28-25(30)32,21-10-6-3-7-11-21)16-19-8-4-2-5-9-19/h2-15H,16-17H2,1H3,(H,28,32)/t26-/m1/s1. The van der Waals surface area contributed by atoms with Crippen LogP contribution in [0.1, 0.15) is 22.6 Å². The molecule has 1 saturated heterocycles. The minimum atomic E-state index is -1.21. The summed E-state index contributed by atoms with van der Waals surface area (Å²) in [6, 6.07) is 26.2. The summed E-state index contributed by atoms with van der Waals surface area (Å²) in [6.45, 7) is 1.89. The highest BCUT2D eigenvalue weighted by molar-refractivity contribution is 6.07. The van der Waals surface area contributed by atoms with Crippen molar-refractivity contribution in [3.8, 4) is 11.4 Å². The van der Waals surface area contributed by atoms with Gasteiger partial charge in [-0.15, -0.1) is 0 Å². The Bertz CT molecular complexity index is 1290. The molecule has 0 saturated carbocycles. The van der Waals surface area contributed by atoms with Crippen LogP contribution in [0.3, 0.4) is 0 Å². The zero-order chi connectivity index (χ0) is 22.8. The number of aryl methyl sites for hydroxylation is 1. The lowest BCUT2D eigenvalue weighted by Gasteiger charge is -2.27. The van der Waals surface area contributed by atoms with E-state index in [0.29, 0.717) is 12.2 Å². The first-order valence-electron chi connectivity index (χ1n) is 10.7. The molecule has 0 unspecified atom stereocenters. The van der Waals surface area contributed by atoms with E-state index < -0.39 is 11.6 Å². The summed E-state index contributed by atoms with van der Waals surface area (Å²) in [5.74, 6) is 0.256. The molecule has 3 aromatic carbocycles. The molecule has 33 heavy (non-hydrogen) atoms. The first-order chi connectivity index (χ1) is 16.0. The van der Waals surface area contributed by atoms with Gasteiger partial charge in [0.05, 0.1) is 0 Å². The van der Waals surface area contributed by atoms with Crippen LogP contribution in [-0.4, -0.2) is 27.0 Å². The van der Waals surface area contributed by atoms with Crippen molar-refractivity contribution in [2.24, 2.45) is 0 Å². The quantitative estimate of drug-likeness (QED) is 0.455. The monoisotopic (exact) mass is 438 g/mol. The molecule has 1 aliphatic heterocycles. The van der Waals surface area contributed by atoms with Crippen molar-refractivity contribution in [3.63, 3.8) is 0 Å². The van der Waals surface area contributed by atoms with Gasteiger partial charge < -0.3 is 9.84 Å². The Kier molecular flexibility index (Phi) is 5.22. The molecule has 7 nitrogen and oxygen atoms in total. The van der Waals surface area contributed by atoms with Gasteiger partial charge in [-0.2, -0.15) is 4.98 Å². The van der Waals surface area contributed by atoms with Gasteiger partial charge in [0, 0.05) is 12.0 Å². The molecule has 1 atom stereocenters. The summed E-state index contributed by atoms with van der Waals surface area (Å²) < 4.78 is 5.37. The second-order valence-electron chi connectivity index (χ2n) is 8.13. The van der Waals surface area contributed by atoms with Crippen molar-refractivity contribution in [3.05, 3.63) is 108 Å². The van der Waals surface area contributed by atoms with Crippen LogP contribution >= 0.6 is 0 Å². The number of aromatic nitrogens is 2. The summed E-state index contributed by atoms with van der Waals surface area (Å²) in [7, 11) is 0. The summed E-state index contributed by atoms with van der Waals surface area (Å²) in [6.07, 6.45) is 0.331. The number of carbonyl (C=O) groups excluding carboxylic acids is 2. The zero-order valence-electron chi connectivity index (χ0n) is 18.1. The predicted molar refractivity (Wildman–Crippen MR) is 122 cm³/mol. The number of carbonyl (C=O) groups is 2. The van der Waals surface area contributed by atoms with Crippen molar-refractivity contribution < 1.29 is 14.1 Å². The highest BCUT2D eigenvalue weighted by Crippen LogP contribution is 2.33. The second-order valence-corrected chi connectivity index (χ2v) is 8.13. The molecule has 0 aliphatic carbocycles. The van der Waals surface area contributed by atoms with Gasteiger partial charge in [-0.25, -0.2) is 4.79 Å². The molecule has 0 bridgehead atoms. The zero-order valence-corrected chi connectivity index (χ0v) is 18.1. The number of nitrogens with zero attached hydrogens (tertiary/aromatic N) is 3. The summed E-state index contributed by atoms with van der Waals surface area (Å²) >= 11 is 0. The molecule has 4 aromatic rings. The maximum atomic E-state index is 13.7. The van der Waals surface area contributed by atoms with Crippen LogP contribution in [-0.2, 0) is 23.3 Å². The van der Waals surface area contributed by atoms with E-state index in [0.717, 1.165) is 27.2 Å². The first-order valence-corrected chi connectivity index (χ1v) is 10.7. The van der Waals surface area contributed by atoms with E-state index >= 15 is 0 Å². The predicted octanol–water partition coefficient (Wildman–Crippen LogP) is 4.24. The second kappa shape index (κ2) is 8.35. The number of hydrogen-bond donors (Lipinski definition) is 1. The van der Waals surface area contributed by atoms with Crippen LogP contribution in [0.25, 0.3) is 11.4 Å². The third-order valence-electron chi connectivity index (χ3n) is 5.83. The van der Waals surface area contributed by atoms with Crippen LogP contribution in [0.5, 0.6) is 0 Å². The number of amides is 3. The molecular formula is C26H22N4O3. The third-order valence-corrected chi connectivity index (χ3v) is 5.83. The van der Waals surface area contributed by atoms with Crippen molar-refractivity contribution >= 4 is 11.9 Å². The Morgan fingerprint density at radius 1 is 0.909 bits per heavy atom. The lowest BCUT2D eigenvalue weighted by Crippen LogP contribution is -2.46. The molecule has 5 rings (SSSR count). The molecule has 0 spiro atoms. The van der Waals surface area contributed by atoms with Gasteiger partial charge >= 0.3 is 6.03 Å². The molecule has 1 aromatic heterocycles. The number of hydrogen-bond acceptors (Lipinski definition) is 5. The van der Waals surface area contributed by atoms with E-state index in [1.807, 2.05) is 91.9 Å². The van der Waals surface area contributed by atoms with Crippen molar-refractivity contribution in [2.75, 3.05) is 0 Å². The van der Waals surface area contributed by atoms with E-state index in [1.54, 1.807) is 0 Å². The van der Waals surface area contributed by atoms with Crippen LogP contribution in [0.15, 0.2) is 89.5 Å². The largest absolute Gasteiger partial charge is 0.337 e. The van der Waals surface area contributed by atoms with Crippen LogP contribution in [0.2, 0.25) is 0 Å². The average molecular weight is 438 g/mol. The van der Waals surface area contributed by atoms with E-state index in [2.05, 4.69) is 15.5 Å². The van der Waals surface area contributed by atoms with E-state index in [9.17, 15) is 9.59 Å². The molecule has 164 valence electrons. The van der Waals surface area contributed by atoms with Crippen LogP contribution < -0.4 is 5.32 Å². The van der Waals surface area contributed by atoms with Gasteiger partial charge in [0.1, 0.15) is 6.54 Å². The Hall–Kier alpha value is -4.26. The van der Waals surface area contributed by atoms with Crippen LogP contribution in [0, 0.1) is 6.92 Å². The van der Waals surface area contributed by atoms with E-state index in [4.69, 9.17) is 4.52 Å². The Morgan fingerprint density at radius 2 is 1.58 bits per heavy atom. The summed E-state index contributed by atoms with van der Waals surface area (Å²) in [4.78, 5) is 32.2. The van der Waals surface area contributed by atoms with Crippen molar-refractivity contribution in [1.82, 2.24) is 20.4 Å². The number of benzene rings is 3. The van der Waals surface area contributed by atoms with Gasteiger partial charge in [-0.1, -0.05) is 95.6 Å². The normalized spacial score (nSPS) is 17.9. The maximum absolute atomic E-state index is 13.7. The molecule has 2 heterocycles. The van der Waals surface area contributed by atoms with E-state index in [1.165, 1.54) is 0 Å². The average Bonchev–Trinajstić information content (AvgIpc) is 3.40. The number of imide groups is 1. The van der Waals surface area contributed by atoms with Gasteiger partial charge in [-0.3, -0.25) is 9.69 Å². The summed E-state index contributed by atoms with van der Waals surface area (Å²) in [5.41, 5.74) is 2.38. The maximum Gasteiger partial charge on any atom is 0.325 e. The lowest BCUT2D eigenvalue weighted by atomic mass is 9.83. The molecule has 1 N–H and O–H groups in total. The van der Waals surface area contributed by atoms with Crippen molar-refractivity contribution in [1.29, 1.82) is 0 Å². The third kappa shape index (κ3) is 3.89. The molecule has 0 radical (unpaired) electrons. The van der Waals surface area contributed by atoms with Crippen molar-refractivity contribution in [2.45, 2.75) is 25.4 Å². The van der Waals surface area contributed by atoms with Gasteiger partial charge in [0.2, 0.25) is 11.7 Å². The lowest BCUT2D eigenvalue weighted by molar-refractivity contribution is -0.132. The molecule has 1 aliphatic rings. The summed E-state index contributed by atoms with van der Waals surface area (Å²) in [5, 5.41) is 6.96. The Labute approximate surface area is 191 Å². The minimum absolute atomic E-state index is 0.104. The molecule has 7 heteroatoms. The fraction of sp³-hybridized carbons (Fsp3) is 0.154. The minimum Gasteiger partial charge on any atom is -0.337 e. The topological polar surface area (TPSA) is 88.3 Å². The fourth-order valence-corrected chi connectivity index (χ4v) is 4.09. The number of nitrogens with one attached hydrogen (secondary N) is 1. The van der Waals surface area contributed by atoms with Gasteiger partial charge in [0.25, 0.3) is 5.91 Å². The number of urea groups is 1. The highest BCUT2D eigenvalue weighted by atomic mass is 16.5. The van der Waals surface area contributed by atoms with Crippen LogP contribution in [0.4, 0.5) is 4.79 Å². The van der Waals surface area contributed by atoms with E-state index in [-0.39, 0.29) is 18.3 Å². The SMILES string of the molecule is Cc1ccc(-c2noc(CN3C(=O)N[C@](Cc4ccccc4)(c4ccccc4)C3=O)n2)cc1.